The summed E-state index contributed by atoms with van der Waals surface area (Å²) in [5.74, 6) is -0.274. The van der Waals surface area contributed by atoms with Gasteiger partial charge in [0.05, 0.1) is 5.69 Å². The van der Waals surface area contributed by atoms with Gasteiger partial charge in [-0.25, -0.2) is 0 Å². The van der Waals surface area contributed by atoms with Crippen LogP contribution in [0.4, 0.5) is 0 Å². The summed E-state index contributed by atoms with van der Waals surface area (Å²) in [7, 11) is 29.4. The molecule has 0 amide bonds. The number of hydrogen-bond acceptors (Lipinski definition) is 2. The van der Waals surface area contributed by atoms with E-state index < -0.39 is 0 Å². The van der Waals surface area contributed by atoms with Gasteiger partial charge in [0.2, 0.25) is 0 Å². The molecule has 2 aromatic carbocycles. The van der Waals surface area contributed by atoms with E-state index in [1.807, 2.05) is 37.3 Å². The van der Waals surface area contributed by atoms with Gasteiger partial charge in [0.25, 0.3) is 0 Å². The molecular formula is C18H10B5NO. The molecule has 2 nitrogen and oxygen atoms in total. The van der Waals surface area contributed by atoms with Crippen LogP contribution in [0, 0.1) is 6.92 Å². The first-order chi connectivity index (χ1) is 11.8. The first-order valence-electron chi connectivity index (χ1n) is 7.59. The van der Waals surface area contributed by atoms with E-state index in [1.165, 1.54) is 0 Å². The minimum absolute atomic E-state index is 0.0251. The summed E-state index contributed by atoms with van der Waals surface area (Å²) in [5, 5.41) is 10.1. The van der Waals surface area contributed by atoms with Gasteiger partial charge in [0.1, 0.15) is 45.0 Å². The number of phenolic OH excluding ortho intramolecular Hbond substituents is 1. The van der Waals surface area contributed by atoms with E-state index in [4.69, 9.17) is 39.2 Å². The molecule has 0 fully saturated rings. The third-order valence-electron chi connectivity index (χ3n) is 4.22. The number of benzene rings is 2. The smallest absolute Gasteiger partial charge is 0.119 e. The maximum atomic E-state index is 10.1. The Morgan fingerprint density at radius 3 is 2.08 bits per heavy atom. The van der Waals surface area contributed by atoms with Crippen molar-refractivity contribution in [3.05, 3.63) is 42.1 Å². The number of phenols is 1. The lowest BCUT2D eigenvalue weighted by atomic mass is 9.65. The molecule has 0 saturated heterocycles. The van der Waals surface area contributed by atoms with E-state index in [-0.39, 0.29) is 27.6 Å². The van der Waals surface area contributed by atoms with Crippen molar-refractivity contribution in [3.63, 3.8) is 0 Å². The highest BCUT2D eigenvalue weighted by atomic mass is 16.3. The molecule has 0 aliphatic carbocycles. The molecule has 0 aliphatic rings. The average molecular weight is 310 g/mol. The van der Waals surface area contributed by atoms with Gasteiger partial charge in [0.15, 0.2) is 0 Å². The molecule has 0 atom stereocenters. The highest BCUT2D eigenvalue weighted by molar-refractivity contribution is 6.62. The maximum Gasteiger partial charge on any atom is 0.119 e. The second-order valence-electron chi connectivity index (χ2n) is 5.88. The highest BCUT2D eigenvalue weighted by Gasteiger charge is 2.16. The summed E-state index contributed by atoms with van der Waals surface area (Å²) in [6, 6.07) is 9.33. The molecule has 3 aromatic rings. The van der Waals surface area contributed by atoms with Gasteiger partial charge < -0.3 is 5.11 Å². The first kappa shape index (κ1) is 17.5. The topological polar surface area (TPSA) is 33.1 Å². The first-order valence-corrected chi connectivity index (χ1v) is 7.59. The van der Waals surface area contributed by atoms with Crippen molar-refractivity contribution in [2.24, 2.45) is 0 Å². The van der Waals surface area contributed by atoms with Crippen molar-refractivity contribution in [1.82, 2.24) is 4.98 Å². The van der Waals surface area contributed by atoms with Crippen molar-refractivity contribution in [2.75, 3.05) is 0 Å². The minimum Gasteiger partial charge on any atom is -0.509 e. The van der Waals surface area contributed by atoms with Gasteiger partial charge in [-0.3, -0.25) is 4.98 Å². The zero-order chi connectivity index (χ0) is 18.3. The molecule has 0 aliphatic heterocycles. The minimum atomic E-state index is -0.274. The molecule has 0 saturated carbocycles. The Morgan fingerprint density at radius 1 is 0.840 bits per heavy atom. The molecule has 0 spiro atoms. The van der Waals surface area contributed by atoms with Crippen molar-refractivity contribution < 1.29 is 5.11 Å². The molecule has 1 heterocycles. The molecule has 1 N–H and O–H groups in total. The van der Waals surface area contributed by atoms with Crippen LogP contribution in [0.3, 0.4) is 0 Å². The van der Waals surface area contributed by atoms with Gasteiger partial charge in [0, 0.05) is 17.3 Å². The van der Waals surface area contributed by atoms with E-state index in [9.17, 15) is 5.11 Å². The Hall–Kier alpha value is -2.29. The third-order valence-corrected chi connectivity index (χ3v) is 4.22. The summed E-state index contributed by atoms with van der Waals surface area (Å²) < 4.78 is 0. The summed E-state index contributed by atoms with van der Waals surface area (Å²) >= 11 is 0. The lowest BCUT2D eigenvalue weighted by Gasteiger charge is -2.20. The fourth-order valence-corrected chi connectivity index (χ4v) is 2.74. The van der Waals surface area contributed by atoms with Crippen LogP contribution in [-0.2, 0) is 0 Å². The van der Waals surface area contributed by atoms with Crippen LogP contribution in [0.15, 0.2) is 36.5 Å². The number of nitrogens with zero attached hydrogens (tertiary/aromatic N) is 1. The Morgan fingerprint density at radius 2 is 1.48 bits per heavy atom. The average Bonchev–Trinajstić information content (AvgIpc) is 2.60. The summed E-state index contributed by atoms with van der Waals surface area (Å²) in [5.41, 5.74) is 4.76. The standard InChI is InChI=1S/C18H10B5NO/c1-8-6-12(9-2-4-10(19)5-3-9)24-7-11(8)13-14(20)16(22)17(23)18(25)15(13)21/h2-7,25H,1H3. The molecule has 0 unspecified atom stereocenters. The number of aryl methyl sites for hydroxylation is 1. The van der Waals surface area contributed by atoms with Gasteiger partial charge in [-0.2, -0.15) is 0 Å². The van der Waals surface area contributed by atoms with Gasteiger partial charge in [-0.05, 0) is 29.6 Å². The predicted octanol–water partition coefficient (Wildman–Crippen LogP) is -1.60. The SMILES string of the molecule is [B]c1ccc(-c2cc(C)c(-c3c([B])c([B])c([B])c(O)c3[B])cn2)cc1. The predicted molar refractivity (Wildman–Crippen MR) is 108 cm³/mol. The molecule has 7 heteroatoms. The zero-order valence-electron chi connectivity index (χ0n) is 13.7. The molecule has 108 valence electrons. The van der Waals surface area contributed by atoms with Crippen LogP contribution in [0.25, 0.3) is 22.4 Å². The number of aromatic nitrogens is 1. The second kappa shape index (κ2) is 6.55. The Balaban J connectivity index is 2.16. The van der Waals surface area contributed by atoms with E-state index in [0.717, 1.165) is 16.8 Å². The van der Waals surface area contributed by atoms with Crippen molar-refractivity contribution >= 4 is 66.5 Å². The van der Waals surface area contributed by atoms with Crippen molar-refractivity contribution in [2.45, 2.75) is 6.92 Å². The second-order valence-corrected chi connectivity index (χ2v) is 5.88. The van der Waals surface area contributed by atoms with Crippen LogP contribution >= 0.6 is 0 Å². The third kappa shape index (κ3) is 3.04. The van der Waals surface area contributed by atoms with Gasteiger partial charge in [-0.1, -0.05) is 40.7 Å². The van der Waals surface area contributed by atoms with E-state index in [0.29, 0.717) is 16.6 Å². The Kier molecular flexibility index (Phi) is 4.59. The lowest BCUT2D eigenvalue weighted by Crippen LogP contribution is -2.44. The quantitative estimate of drug-likeness (QED) is 0.578. The summed E-state index contributed by atoms with van der Waals surface area (Å²) in [6.45, 7) is 1.90. The summed E-state index contributed by atoms with van der Waals surface area (Å²) in [4.78, 5) is 4.47. The van der Waals surface area contributed by atoms with Crippen molar-refractivity contribution in [3.8, 4) is 28.1 Å². The van der Waals surface area contributed by atoms with Crippen LogP contribution in [0.2, 0.25) is 0 Å². The number of hydrogen-bond donors (Lipinski definition) is 1. The fourth-order valence-electron chi connectivity index (χ4n) is 2.74. The number of pyridine rings is 1. The largest absolute Gasteiger partial charge is 0.509 e. The highest BCUT2D eigenvalue weighted by Crippen LogP contribution is 2.25. The van der Waals surface area contributed by atoms with E-state index in [1.54, 1.807) is 6.20 Å². The molecule has 0 bridgehead atoms. The molecule has 3 rings (SSSR count). The van der Waals surface area contributed by atoms with Crippen LogP contribution in [0.5, 0.6) is 5.75 Å². The Bertz CT molecular complexity index is 941. The van der Waals surface area contributed by atoms with Gasteiger partial charge in [-0.15, -0.1) is 5.46 Å². The van der Waals surface area contributed by atoms with Crippen molar-refractivity contribution in [1.29, 1.82) is 0 Å². The number of rotatable bonds is 2. The van der Waals surface area contributed by atoms with Crippen LogP contribution < -0.4 is 27.3 Å². The zero-order valence-corrected chi connectivity index (χ0v) is 13.7. The van der Waals surface area contributed by atoms with Crippen LogP contribution in [0.1, 0.15) is 5.56 Å². The maximum absolute atomic E-state index is 10.1. The van der Waals surface area contributed by atoms with E-state index >= 15 is 0 Å². The molecule has 10 radical (unpaired) electrons. The Labute approximate surface area is 154 Å². The molecular weight excluding hydrogens is 300 g/mol. The number of aromatic hydroxyl groups is 1. The lowest BCUT2D eigenvalue weighted by molar-refractivity contribution is 0.484. The molecule has 25 heavy (non-hydrogen) atoms. The normalized spacial score (nSPS) is 10.8. The van der Waals surface area contributed by atoms with E-state index in [2.05, 4.69) is 4.98 Å². The fraction of sp³-hybridized carbons (Fsp3) is 0.0556. The molecule has 1 aromatic heterocycles. The van der Waals surface area contributed by atoms with Crippen LogP contribution in [-0.4, -0.2) is 49.3 Å². The van der Waals surface area contributed by atoms with Gasteiger partial charge >= 0.3 is 0 Å². The monoisotopic (exact) mass is 311 g/mol. The summed E-state index contributed by atoms with van der Waals surface area (Å²) in [6.07, 6.45) is 1.65.